The van der Waals surface area contributed by atoms with Gasteiger partial charge in [0, 0.05) is 18.3 Å². The second kappa shape index (κ2) is 5.98. The third-order valence-electron chi connectivity index (χ3n) is 2.42. The summed E-state index contributed by atoms with van der Waals surface area (Å²) in [5, 5.41) is 0. The molecule has 0 aromatic carbocycles. The van der Waals surface area contributed by atoms with Gasteiger partial charge in [0.25, 0.3) is 0 Å². The summed E-state index contributed by atoms with van der Waals surface area (Å²) in [4.78, 5) is 6.59. The van der Waals surface area contributed by atoms with E-state index in [0.29, 0.717) is 6.04 Å². The van der Waals surface area contributed by atoms with Crippen molar-refractivity contribution in [2.75, 3.05) is 24.8 Å². The lowest BCUT2D eigenvalue weighted by atomic mass is 10.3. The summed E-state index contributed by atoms with van der Waals surface area (Å²) in [5.41, 5.74) is 7.38. The van der Waals surface area contributed by atoms with Crippen LogP contribution >= 0.6 is 11.8 Å². The van der Waals surface area contributed by atoms with Crippen molar-refractivity contribution in [3.05, 3.63) is 24.0 Å². The molecule has 0 aliphatic carbocycles. The highest BCUT2D eigenvalue weighted by molar-refractivity contribution is 7.98. The Morgan fingerprint density at radius 1 is 1.53 bits per heavy atom. The summed E-state index contributed by atoms with van der Waals surface area (Å²) >= 11 is 1.87. The van der Waals surface area contributed by atoms with E-state index in [1.807, 2.05) is 23.9 Å². The van der Waals surface area contributed by atoms with Gasteiger partial charge < -0.3 is 5.73 Å². The maximum atomic E-state index is 5.59. The highest BCUT2D eigenvalue weighted by atomic mass is 32.2. The van der Waals surface area contributed by atoms with E-state index in [4.69, 9.17) is 5.73 Å². The van der Waals surface area contributed by atoms with Crippen molar-refractivity contribution in [3.63, 3.8) is 0 Å². The highest BCUT2D eigenvalue weighted by Gasteiger charge is 2.09. The molecule has 0 spiro atoms. The van der Waals surface area contributed by atoms with Crippen LogP contribution in [0.25, 0.3) is 0 Å². The second-order valence-corrected chi connectivity index (χ2v) is 4.71. The molecule has 1 aromatic heterocycles. The molecule has 0 radical (unpaired) electrons. The minimum atomic E-state index is 0.569. The summed E-state index contributed by atoms with van der Waals surface area (Å²) in [6.07, 6.45) is 3.84. The van der Waals surface area contributed by atoms with E-state index in [2.05, 4.69) is 30.1 Å². The molecule has 2 N–H and O–H groups in total. The zero-order chi connectivity index (χ0) is 11.3. The lowest BCUT2D eigenvalue weighted by Gasteiger charge is -2.23. The Bertz CT molecular complexity index is 286. The lowest BCUT2D eigenvalue weighted by molar-refractivity contribution is 0.266. The fraction of sp³-hybridized carbons (Fsp3) is 0.545. The van der Waals surface area contributed by atoms with Crippen molar-refractivity contribution in [1.82, 2.24) is 9.88 Å². The van der Waals surface area contributed by atoms with E-state index in [1.54, 1.807) is 6.20 Å². The van der Waals surface area contributed by atoms with Crippen LogP contribution in [0.5, 0.6) is 0 Å². The molecule has 15 heavy (non-hydrogen) atoms. The molecule has 1 unspecified atom stereocenters. The Hall–Kier alpha value is -0.740. The van der Waals surface area contributed by atoms with Gasteiger partial charge in [-0.05, 0) is 32.4 Å². The van der Waals surface area contributed by atoms with Crippen molar-refractivity contribution in [3.8, 4) is 0 Å². The second-order valence-electron chi connectivity index (χ2n) is 3.80. The van der Waals surface area contributed by atoms with Crippen molar-refractivity contribution >= 4 is 17.4 Å². The molecule has 84 valence electrons. The van der Waals surface area contributed by atoms with E-state index in [9.17, 15) is 0 Å². The molecular weight excluding hydrogens is 206 g/mol. The van der Waals surface area contributed by atoms with Crippen molar-refractivity contribution < 1.29 is 0 Å². The van der Waals surface area contributed by atoms with Gasteiger partial charge in [-0.25, -0.2) is 0 Å². The van der Waals surface area contributed by atoms with Crippen LogP contribution in [0.3, 0.4) is 0 Å². The Labute approximate surface area is 96.1 Å². The van der Waals surface area contributed by atoms with E-state index in [0.717, 1.165) is 23.7 Å². The maximum absolute atomic E-state index is 5.59. The summed E-state index contributed by atoms with van der Waals surface area (Å²) in [6.45, 7) is 3.11. The molecule has 1 aromatic rings. The topological polar surface area (TPSA) is 42.1 Å². The number of pyridine rings is 1. The predicted molar refractivity (Wildman–Crippen MR) is 68.0 cm³/mol. The normalized spacial score (nSPS) is 13.1. The third-order valence-corrected chi connectivity index (χ3v) is 3.24. The van der Waals surface area contributed by atoms with Crippen LogP contribution in [0.1, 0.15) is 12.6 Å². The first-order valence-electron chi connectivity index (χ1n) is 5.03. The zero-order valence-electron chi connectivity index (χ0n) is 9.60. The van der Waals surface area contributed by atoms with Crippen molar-refractivity contribution in [1.29, 1.82) is 0 Å². The van der Waals surface area contributed by atoms with Crippen LogP contribution in [-0.4, -0.2) is 35.0 Å². The SMILES string of the molecule is CSCC(C)N(C)Cc1ccc(N)cn1. The van der Waals surface area contributed by atoms with Crippen molar-refractivity contribution in [2.45, 2.75) is 19.5 Å². The summed E-state index contributed by atoms with van der Waals surface area (Å²) in [7, 11) is 2.12. The molecule has 3 nitrogen and oxygen atoms in total. The Balaban J connectivity index is 2.50. The van der Waals surface area contributed by atoms with E-state index < -0.39 is 0 Å². The smallest absolute Gasteiger partial charge is 0.0545 e. The number of aromatic nitrogens is 1. The standard InChI is InChI=1S/C11H19N3S/c1-9(8-15-3)14(2)7-11-5-4-10(12)6-13-11/h4-6,9H,7-8,12H2,1-3H3. The van der Waals surface area contributed by atoms with E-state index >= 15 is 0 Å². The van der Waals surface area contributed by atoms with Gasteiger partial charge in [-0.15, -0.1) is 0 Å². The highest BCUT2D eigenvalue weighted by Crippen LogP contribution is 2.08. The molecule has 0 saturated heterocycles. The number of rotatable bonds is 5. The number of nitrogen functional groups attached to an aromatic ring is 1. The average molecular weight is 225 g/mol. The summed E-state index contributed by atoms with van der Waals surface area (Å²) < 4.78 is 0. The van der Waals surface area contributed by atoms with E-state index in [1.165, 1.54) is 0 Å². The fourth-order valence-electron chi connectivity index (χ4n) is 1.31. The number of hydrogen-bond donors (Lipinski definition) is 1. The Kier molecular flexibility index (Phi) is 4.91. The molecule has 1 heterocycles. The van der Waals surface area contributed by atoms with Gasteiger partial charge in [0.2, 0.25) is 0 Å². The van der Waals surface area contributed by atoms with Crippen LogP contribution < -0.4 is 5.73 Å². The minimum absolute atomic E-state index is 0.569. The van der Waals surface area contributed by atoms with E-state index in [-0.39, 0.29) is 0 Å². The molecule has 0 fully saturated rings. The molecule has 0 bridgehead atoms. The predicted octanol–water partition coefficient (Wildman–Crippen LogP) is 1.85. The molecule has 0 saturated carbocycles. The lowest BCUT2D eigenvalue weighted by Crippen LogP contribution is -2.30. The molecule has 1 rings (SSSR count). The number of nitrogens with zero attached hydrogens (tertiary/aromatic N) is 2. The fourth-order valence-corrected chi connectivity index (χ4v) is 2.05. The maximum Gasteiger partial charge on any atom is 0.0545 e. The first kappa shape index (κ1) is 12.3. The number of hydrogen-bond acceptors (Lipinski definition) is 4. The Morgan fingerprint density at radius 3 is 2.80 bits per heavy atom. The first-order valence-corrected chi connectivity index (χ1v) is 6.42. The van der Waals surface area contributed by atoms with Gasteiger partial charge >= 0.3 is 0 Å². The van der Waals surface area contributed by atoms with Gasteiger partial charge in [0.1, 0.15) is 0 Å². The van der Waals surface area contributed by atoms with Crippen LogP contribution in [0.4, 0.5) is 5.69 Å². The largest absolute Gasteiger partial charge is 0.397 e. The third kappa shape index (κ3) is 4.10. The quantitative estimate of drug-likeness (QED) is 0.830. The van der Waals surface area contributed by atoms with Gasteiger partial charge in [0.05, 0.1) is 17.6 Å². The molecule has 0 aliphatic heterocycles. The summed E-state index contributed by atoms with van der Waals surface area (Å²) in [5.74, 6) is 1.14. The number of thioether (sulfide) groups is 1. The molecule has 0 aliphatic rings. The van der Waals surface area contributed by atoms with Gasteiger partial charge in [-0.3, -0.25) is 9.88 Å². The Morgan fingerprint density at radius 2 is 2.27 bits per heavy atom. The van der Waals surface area contributed by atoms with Crippen LogP contribution in [-0.2, 0) is 6.54 Å². The minimum Gasteiger partial charge on any atom is -0.397 e. The van der Waals surface area contributed by atoms with Crippen LogP contribution in [0, 0.1) is 0 Å². The van der Waals surface area contributed by atoms with Crippen molar-refractivity contribution in [2.24, 2.45) is 0 Å². The molecule has 1 atom stereocenters. The molecule has 0 amide bonds. The van der Waals surface area contributed by atoms with Gasteiger partial charge in [-0.2, -0.15) is 11.8 Å². The molecule has 4 heteroatoms. The summed E-state index contributed by atoms with van der Waals surface area (Å²) in [6, 6.07) is 4.45. The van der Waals surface area contributed by atoms with Crippen LogP contribution in [0.2, 0.25) is 0 Å². The van der Waals surface area contributed by atoms with Gasteiger partial charge in [0.15, 0.2) is 0 Å². The monoisotopic (exact) mass is 225 g/mol. The molecular formula is C11H19N3S. The van der Waals surface area contributed by atoms with Crippen LogP contribution in [0.15, 0.2) is 18.3 Å². The number of nitrogens with two attached hydrogens (primary N) is 1. The van der Waals surface area contributed by atoms with Gasteiger partial charge in [-0.1, -0.05) is 0 Å². The zero-order valence-corrected chi connectivity index (χ0v) is 10.4. The first-order chi connectivity index (χ1) is 7.13. The average Bonchev–Trinajstić information content (AvgIpc) is 2.22. The number of anilines is 1.